The van der Waals surface area contributed by atoms with Crippen LogP contribution in [0.4, 0.5) is 0 Å². The maximum Gasteiger partial charge on any atom is 0.126 e. The Balaban J connectivity index is 3.81. The molecule has 0 N–H and O–H groups in total. The van der Waals surface area contributed by atoms with Crippen molar-refractivity contribution in [2.75, 3.05) is 0 Å². The van der Waals surface area contributed by atoms with Gasteiger partial charge >= 0.3 is 0 Å². The Morgan fingerprint density at radius 1 is 1.56 bits per heavy atom. The molecule has 50 valence electrons. The van der Waals surface area contributed by atoms with Crippen molar-refractivity contribution in [2.24, 2.45) is 5.41 Å². The van der Waals surface area contributed by atoms with Crippen LogP contribution in [0.5, 0.6) is 0 Å². The number of hydrogen-bond donors (Lipinski definition) is 0. The lowest BCUT2D eigenvalue weighted by Gasteiger charge is -2.10. The molecule has 9 heavy (non-hydrogen) atoms. The molecular formula is C8H12O. The van der Waals surface area contributed by atoms with Crippen molar-refractivity contribution in [1.29, 1.82) is 0 Å². The van der Waals surface area contributed by atoms with Crippen LogP contribution in [-0.2, 0) is 4.79 Å². The lowest BCUT2D eigenvalue weighted by atomic mass is 9.92. The zero-order valence-electron chi connectivity index (χ0n) is 6.19. The minimum absolute atomic E-state index is 0.261. The van der Waals surface area contributed by atoms with Crippen molar-refractivity contribution in [1.82, 2.24) is 0 Å². The highest BCUT2D eigenvalue weighted by Gasteiger charge is 2.13. The summed E-state index contributed by atoms with van der Waals surface area (Å²) in [4.78, 5) is 10.3. The van der Waals surface area contributed by atoms with Gasteiger partial charge in [-0.3, -0.25) is 0 Å². The molecule has 0 unspecified atom stereocenters. The number of rotatable bonds is 2. The van der Waals surface area contributed by atoms with Crippen LogP contribution in [0.3, 0.4) is 0 Å². The second kappa shape index (κ2) is 3.29. The van der Waals surface area contributed by atoms with Gasteiger partial charge in [0.2, 0.25) is 0 Å². The minimum atomic E-state index is -0.261. The summed E-state index contributed by atoms with van der Waals surface area (Å²) in [6, 6.07) is 0. The fraction of sp³-hybridized carbons (Fsp3) is 0.625. The highest BCUT2D eigenvalue weighted by atomic mass is 16.1. The summed E-state index contributed by atoms with van der Waals surface area (Å²) < 4.78 is 0. The lowest BCUT2D eigenvalue weighted by Crippen LogP contribution is -2.10. The van der Waals surface area contributed by atoms with Gasteiger partial charge < -0.3 is 4.79 Å². The molecule has 0 aliphatic rings. The highest BCUT2D eigenvalue weighted by molar-refractivity contribution is 5.58. The van der Waals surface area contributed by atoms with Crippen molar-refractivity contribution in [3.8, 4) is 11.8 Å². The Morgan fingerprint density at radius 3 is 2.44 bits per heavy atom. The van der Waals surface area contributed by atoms with E-state index in [4.69, 9.17) is 0 Å². The van der Waals surface area contributed by atoms with Gasteiger partial charge in [-0.2, -0.15) is 0 Å². The van der Waals surface area contributed by atoms with E-state index in [1.807, 2.05) is 13.8 Å². The van der Waals surface area contributed by atoms with Gasteiger partial charge in [-0.15, -0.1) is 11.8 Å². The van der Waals surface area contributed by atoms with Gasteiger partial charge in [0.15, 0.2) is 0 Å². The van der Waals surface area contributed by atoms with Gasteiger partial charge in [-0.1, -0.05) is 13.8 Å². The average Bonchev–Trinajstić information content (AvgIpc) is 1.84. The number of carbonyl (C=O) groups is 1. The first-order valence-corrected chi connectivity index (χ1v) is 2.98. The van der Waals surface area contributed by atoms with Crippen molar-refractivity contribution in [3.63, 3.8) is 0 Å². The first-order chi connectivity index (χ1) is 4.12. The maximum atomic E-state index is 10.3. The Labute approximate surface area is 56.5 Å². The molecule has 0 aromatic rings. The first kappa shape index (κ1) is 8.23. The summed E-state index contributed by atoms with van der Waals surface area (Å²) in [7, 11) is 0. The highest BCUT2D eigenvalue weighted by Crippen LogP contribution is 2.14. The molecule has 0 heterocycles. The molecule has 0 aromatic carbocycles. The van der Waals surface area contributed by atoms with Gasteiger partial charge in [0.05, 0.1) is 0 Å². The second-order valence-electron chi connectivity index (χ2n) is 2.71. The molecule has 0 atom stereocenters. The van der Waals surface area contributed by atoms with Crippen LogP contribution in [0.2, 0.25) is 0 Å². The summed E-state index contributed by atoms with van der Waals surface area (Å²) in [5, 5.41) is 0. The number of carbonyl (C=O) groups excluding carboxylic acids is 1. The zero-order chi connectivity index (χ0) is 7.33. The third kappa shape index (κ3) is 3.78. The summed E-state index contributed by atoms with van der Waals surface area (Å²) in [5.41, 5.74) is -0.261. The van der Waals surface area contributed by atoms with Gasteiger partial charge in [-0.05, 0) is 6.92 Å². The Bertz CT molecular complexity index is 146. The topological polar surface area (TPSA) is 17.1 Å². The Morgan fingerprint density at radius 2 is 2.11 bits per heavy atom. The molecule has 0 saturated carbocycles. The Hall–Kier alpha value is -0.770. The van der Waals surface area contributed by atoms with Gasteiger partial charge in [0.25, 0.3) is 0 Å². The molecule has 0 radical (unpaired) electrons. The zero-order valence-corrected chi connectivity index (χ0v) is 6.19. The molecule has 0 spiro atoms. The average molecular weight is 124 g/mol. The molecule has 0 fully saturated rings. The van der Waals surface area contributed by atoms with Gasteiger partial charge in [0.1, 0.15) is 6.29 Å². The van der Waals surface area contributed by atoms with E-state index in [2.05, 4.69) is 11.8 Å². The standard InChI is InChI=1S/C8H12O/c1-4-5-6-8(2,3)7-9/h7H,6H2,1-3H3. The third-order valence-electron chi connectivity index (χ3n) is 1.04. The quantitative estimate of drug-likeness (QED) is 0.404. The SMILES string of the molecule is CC#CCC(C)(C)C=O. The third-order valence-corrected chi connectivity index (χ3v) is 1.04. The normalized spacial score (nSPS) is 9.67. The molecule has 0 amide bonds. The fourth-order valence-electron chi connectivity index (χ4n) is 0.358. The van der Waals surface area contributed by atoms with Crippen LogP contribution < -0.4 is 0 Å². The van der Waals surface area contributed by atoms with Crippen molar-refractivity contribution in [3.05, 3.63) is 0 Å². The second-order valence-corrected chi connectivity index (χ2v) is 2.71. The molecule has 0 rings (SSSR count). The fourth-order valence-corrected chi connectivity index (χ4v) is 0.358. The van der Waals surface area contributed by atoms with Crippen molar-refractivity contribution >= 4 is 6.29 Å². The molecule has 1 heteroatoms. The van der Waals surface area contributed by atoms with Crippen LogP contribution in [0, 0.1) is 17.3 Å². The lowest BCUT2D eigenvalue weighted by molar-refractivity contribution is -0.114. The first-order valence-electron chi connectivity index (χ1n) is 2.98. The van der Waals surface area contributed by atoms with E-state index in [0.717, 1.165) is 6.29 Å². The van der Waals surface area contributed by atoms with Gasteiger partial charge in [-0.25, -0.2) is 0 Å². The minimum Gasteiger partial charge on any atom is -0.303 e. The summed E-state index contributed by atoms with van der Waals surface area (Å²) in [5.74, 6) is 5.61. The van der Waals surface area contributed by atoms with Crippen LogP contribution in [0.15, 0.2) is 0 Å². The molecular weight excluding hydrogens is 112 g/mol. The summed E-state index contributed by atoms with van der Waals surface area (Å²) in [6.45, 7) is 5.54. The molecule has 0 aromatic heterocycles. The predicted octanol–water partition coefficient (Wildman–Crippen LogP) is 1.62. The van der Waals surface area contributed by atoms with Crippen molar-refractivity contribution in [2.45, 2.75) is 27.2 Å². The molecule has 1 nitrogen and oxygen atoms in total. The van der Waals surface area contributed by atoms with E-state index in [9.17, 15) is 4.79 Å². The van der Waals surface area contributed by atoms with Crippen LogP contribution >= 0.6 is 0 Å². The molecule has 0 bridgehead atoms. The molecule has 0 aliphatic carbocycles. The molecule has 0 saturated heterocycles. The summed E-state index contributed by atoms with van der Waals surface area (Å²) in [6.07, 6.45) is 1.60. The Kier molecular flexibility index (Phi) is 3.01. The number of hydrogen-bond acceptors (Lipinski definition) is 1. The predicted molar refractivity (Wildman–Crippen MR) is 37.9 cm³/mol. The van der Waals surface area contributed by atoms with Gasteiger partial charge in [0, 0.05) is 11.8 Å². The van der Waals surface area contributed by atoms with E-state index in [-0.39, 0.29) is 5.41 Å². The smallest absolute Gasteiger partial charge is 0.126 e. The maximum absolute atomic E-state index is 10.3. The monoisotopic (exact) mass is 124 g/mol. The van der Waals surface area contributed by atoms with Crippen LogP contribution in [0.25, 0.3) is 0 Å². The number of aldehydes is 1. The van der Waals surface area contributed by atoms with Crippen LogP contribution in [-0.4, -0.2) is 6.29 Å². The molecule has 0 aliphatic heterocycles. The van der Waals surface area contributed by atoms with E-state index >= 15 is 0 Å². The van der Waals surface area contributed by atoms with E-state index in [0.29, 0.717) is 6.42 Å². The van der Waals surface area contributed by atoms with E-state index in [1.54, 1.807) is 6.92 Å². The largest absolute Gasteiger partial charge is 0.303 e. The summed E-state index contributed by atoms with van der Waals surface area (Å²) >= 11 is 0. The van der Waals surface area contributed by atoms with E-state index < -0.39 is 0 Å². The van der Waals surface area contributed by atoms with Crippen LogP contribution in [0.1, 0.15) is 27.2 Å². The van der Waals surface area contributed by atoms with E-state index in [1.165, 1.54) is 0 Å². The van der Waals surface area contributed by atoms with Crippen molar-refractivity contribution < 1.29 is 4.79 Å².